The second-order valence-electron chi connectivity index (χ2n) is 5.15. The Morgan fingerprint density at radius 2 is 2.33 bits per heavy atom. The van der Waals surface area contributed by atoms with Crippen LogP contribution in [0.5, 0.6) is 0 Å². The Bertz CT molecular complexity index is 218. The standard InChI is InChI=1S/C13H25NO3S/c15-12(7-14-11-3-2-6-18-10-11)8-16-9-13-4-1-5-17-13/h11-15H,1-10H2. The summed E-state index contributed by atoms with van der Waals surface area (Å²) >= 11 is 2.00. The SMILES string of the molecule is OC(CNC1CCCSC1)COCC1CCCO1. The first kappa shape index (κ1) is 14.6. The number of thioether (sulfide) groups is 1. The van der Waals surface area contributed by atoms with E-state index in [1.54, 1.807) is 0 Å². The van der Waals surface area contributed by atoms with Gasteiger partial charge in [0, 0.05) is 24.9 Å². The molecule has 0 aliphatic carbocycles. The van der Waals surface area contributed by atoms with E-state index in [4.69, 9.17) is 9.47 Å². The minimum absolute atomic E-state index is 0.250. The van der Waals surface area contributed by atoms with Crippen LogP contribution in [-0.4, -0.2) is 61.2 Å². The number of ether oxygens (including phenoxy) is 2. The van der Waals surface area contributed by atoms with Crippen LogP contribution in [0.25, 0.3) is 0 Å². The maximum atomic E-state index is 9.82. The lowest BCUT2D eigenvalue weighted by Crippen LogP contribution is -2.40. The third kappa shape index (κ3) is 5.45. The van der Waals surface area contributed by atoms with Gasteiger partial charge in [-0.2, -0.15) is 11.8 Å². The number of rotatable bonds is 7. The van der Waals surface area contributed by atoms with Crippen molar-refractivity contribution in [2.24, 2.45) is 0 Å². The second kappa shape index (κ2) is 8.38. The van der Waals surface area contributed by atoms with E-state index in [0.717, 1.165) is 19.4 Å². The average Bonchev–Trinajstić information content (AvgIpc) is 2.91. The predicted molar refractivity (Wildman–Crippen MR) is 74.1 cm³/mol. The van der Waals surface area contributed by atoms with Gasteiger partial charge in [-0.3, -0.25) is 0 Å². The van der Waals surface area contributed by atoms with Crippen molar-refractivity contribution in [3.05, 3.63) is 0 Å². The molecule has 2 rings (SSSR count). The number of hydrogen-bond acceptors (Lipinski definition) is 5. The monoisotopic (exact) mass is 275 g/mol. The predicted octanol–water partition coefficient (Wildman–Crippen LogP) is 1.03. The molecule has 2 aliphatic heterocycles. The van der Waals surface area contributed by atoms with Gasteiger partial charge in [0.05, 0.1) is 25.4 Å². The van der Waals surface area contributed by atoms with Crippen LogP contribution in [-0.2, 0) is 9.47 Å². The average molecular weight is 275 g/mol. The third-order valence-corrected chi connectivity index (χ3v) is 4.66. The number of hydrogen-bond donors (Lipinski definition) is 2. The molecule has 3 atom stereocenters. The smallest absolute Gasteiger partial charge is 0.0897 e. The summed E-state index contributed by atoms with van der Waals surface area (Å²) in [5.74, 6) is 2.45. The van der Waals surface area contributed by atoms with Crippen molar-refractivity contribution < 1.29 is 14.6 Å². The Morgan fingerprint density at radius 3 is 3.06 bits per heavy atom. The van der Waals surface area contributed by atoms with Crippen LogP contribution in [0, 0.1) is 0 Å². The molecule has 106 valence electrons. The molecule has 0 radical (unpaired) electrons. The molecule has 4 nitrogen and oxygen atoms in total. The Morgan fingerprint density at radius 1 is 1.39 bits per heavy atom. The van der Waals surface area contributed by atoms with E-state index >= 15 is 0 Å². The summed E-state index contributed by atoms with van der Waals surface area (Å²) in [6, 6.07) is 0.566. The van der Waals surface area contributed by atoms with Crippen LogP contribution >= 0.6 is 11.8 Å². The van der Waals surface area contributed by atoms with E-state index < -0.39 is 6.10 Å². The van der Waals surface area contributed by atoms with Crippen molar-refractivity contribution in [2.45, 2.75) is 43.9 Å². The maximum absolute atomic E-state index is 9.82. The first-order chi connectivity index (χ1) is 8.84. The van der Waals surface area contributed by atoms with Crippen molar-refractivity contribution in [2.75, 3.05) is 37.9 Å². The Kier molecular flexibility index (Phi) is 6.79. The van der Waals surface area contributed by atoms with Crippen LogP contribution in [0.4, 0.5) is 0 Å². The van der Waals surface area contributed by atoms with Crippen LogP contribution in [0.15, 0.2) is 0 Å². The molecule has 2 fully saturated rings. The molecule has 18 heavy (non-hydrogen) atoms. The van der Waals surface area contributed by atoms with Gasteiger partial charge in [0.15, 0.2) is 0 Å². The van der Waals surface area contributed by atoms with Crippen molar-refractivity contribution in [1.82, 2.24) is 5.32 Å². The molecule has 0 bridgehead atoms. The molecule has 0 aromatic heterocycles. The molecule has 0 aromatic carbocycles. The zero-order valence-corrected chi connectivity index (χ0v) is 11.8. The van der Waals surface area contributed by atoms with Crippen molar-refractivity contribution in [3.8, 4) is 0 Å². The topological polar surface area (TPSA) is 50.7 Å². The zero-order valence-electron chi connectivity index (χ0n) is 11.0. The Balaban J connectivity index is 1.47. The normalized spacial score (nSPS) is 30.5. The van der Waals surface area contributed by atoms with Gasteiger partial charge >= 0.3 is 0 Å². The molecular formula is C13H25NO3S. The van der Waals surface area contributed by atoms with Gasteiger partial charge < -0.3 is 19.9 Å². The van der Waals surface area contributed by atoms with E-state index in [1.807, 2.05) is 11.8 Å². The number of aliphatic hydroxyl groups excluding tert-OH is 1. The lowest BCUT2D eigenvalue weighted by atomic mass is 10.2. The molecule has 0 amide bonds. The molecule has 2 saturated heterocycles. The maximum Gasteiger partial charge on any atom is 0.0897 e. The third-order valence-electron chi connectivity index (χ3n) is 3.44. The highest BCUT2D eigenvalue weighted by Gasteiger charge is 2.17. The van der Waals surface area contributed by atoms with Crippen LogP contribution in [0.3, 0.4) is 0 Å². The summed E-state index contributed by atoms with van der Waals surface area (Å²) in [4.78, 5) is 0. The fourth-order valence-corrected chi connectivity index (χ4v) is 3.48. The Labute approximate surface area is 114 Å². The van der Waals surface area contributed by atoms with E-state index in [-0.39, 0.29) is 6.10 Å². The van der Waals surface area contributed by atoms with Crippen molar-refractivity contribution in [3.63, 3.8) is 0 Å². The van der Waals surface area contributed by atoms with E-state index in [9.17, 15) is 5.11 Å². The summed E-state index contributed by atoms with van der Waals surface area (Å²) in [5.41, 5.74) is 0. The van der Waals surface area contributed by atoms with E-state index in [2.05, 4.69) is 5.32 Å². The molecule has 5 heteroatoms. The Hall–Kier alpha value is 0.190. The minimum atomic E-state index is -0.404. The number of nitrogens with one attached hydrogen (secondary N) is 1. The van der Waals surface area contributed by atoms with Gasteiger partial charge in [-0.1, -0.05) is 0 Å². The largest absolute Gasteiger partial charge is 0.389 e. The van der Waals surface area contributed by atoms with Crippen LogP contribution < -0.4 is 5.32 Å². The van der Waals surface area contributed by atoms with E-state index in [1.165, 1.54) is 24.3 Å². The first-order valence-corrected chi connectivity index (χ1v) is 8.18. The lowest BCUT2D eigenvalue weighted by molar-refractivity contribution is -0.0168. The van der Waals surface area contributed by atoms with Crippen LogP contribution in [0.1, 0.15) is 25.7 Å². The highest BCUT2D eigenvalue weighted by molar-refractivity contribution is 7.99. The summed E-state index contributed by atoms with van der Waals surface area (Å²) in [6.07, 6.45) is 4.59. The molecular weight excluding hydrogens is 250 g/mol. The molecule has 0 saturated carbocycles. The lowest BCUT2D eigenvalue weighted by Gasteiger charge is -2.24. The molecule has 0 aromatic rings. The molecule has 2 aliphatic rings. The minimum Gasteiger partial charge on any atom is -0.389 e. The fraction of sp³-hybridized carbons (Fsp3) is 1.00. The summed E-state index contributed by atoms with van der Waals surface area (Å²) in [5, 5.41) is 13.2. The van der Waals surface area contributed by atoms with Crippen LogP contribution in [0.2, 0.25) is 0 Å². The van der Waals surface area contributed by atoms with Gasteiger partial charge in [0.25, 0.3) is 0 Å². The van der Waals surface area contributed by atoms with Gasteiger partial charge in [0.1, 0.15) is 0 Å². The molecule has 2 N–H and O–H groups in total. The van der Waals surface area contributed by atoms with Crippen molar-refractivity contribution in [1.29, 1.82) is 0 Å². The van der Waals surface area contributed by atoms with Crippen molar-refractivity contribution >= 4 is 11.8 Å². The second-order valence-corrected chi connectivity index (χ2v) is 6.30. The van der Waals surface area contributed by atoms with Gasteiger partial charge in [-0.15, -0.1) is 0 Å². The zero-order chi connectivity index (χ0) is 12.6. The molecule has 2 heterocycles. The summed E-state index contributed by atoms with van der Waals surface area (Å²) < 4.78 is 11.0. The van der Waals surface area contributed by atoms with Gasteiger partial charge in [0.2, 0.25) is 0 Å². The van der Waals surface area contributed by atoms with Gasteiger partial charge in [-0.05, 0) is 31.4 Å². The number of aliphatic hydroxyl groups is 1. The summed E-state index contributed by atoms with van der Waals surface area (Å²) in [6.45, 7) is 2.53. The molecule has 3 unspecified atom stereocenters. The quantitative estimate of drug-likeness (QED) is 0.727. The highest BCUT2D eigenvalue weighted by Crippen LogP contribution is 2.16. The fourth-order valence-electron chi connectivity index (χ4n) is 2.37. The van der Waals surface area contributed by atoms with Gasteiger partial charge in [-0.25, -0.2) is 0 Å². The molecule has 0 spiro atoms. The first-order valence-electron chi connectivity index (χ1n) is 7.03. The van der Waals surface area contributed by atoms with E-state index in [0.29, 0.717) is 25.8 Å². The summed E-state index contributed by atoms with van der Waals surface area (Å²) in [7, 11) is 0. The highest BCUT2D eigenvalue weighted by atomic mass is 32.2.